The van der Waals surface area contributed by atoms with Gasteiger partial charge in [-0.2, -0.15) is 4.98 Å². The minimum Gasteiger partial charge on any atom is -0.460 e. The van der Waals surface area contributed by atoms with Gasteiger partial charge in [0.2, 0.25) is 0 Å². The van der Waals surface area contributed by atoms with Gasteiger partial charge in [-0.1, -0.05) is 0 Å². The molecule has 17 heavy (non-hydrogen) atoms. The van der Waals surface area contributed by atoms with E-state index in [2.05, 4.69) is 4.98 Å². The van der Waals surface area contributed by atoms with E-state index in [1.807, 2.05) is 0 Å². The minimum atomic E-state index is -0.512. The van der Waals surface area contributed by atoms with Crippen LogP contribution in [0.25, 0.3) is 0 Å². The average Bonchev–Trinajstić information content (AvgIpc) is 2.13. The van der Waals surface area contributed by atoms with Crippen LogP contribution in [-0.2, 0) is 16.1 Å². The number of nitrogens with two attached hydrogens (primary N) is 1. The first kappa shape index (κ1) is 13.2. The van der Waals surface area contributed by atoms with Gasteiger partial charge < -0.3 is 10.5 Å². The SMILES string of the molecule is CC(C)(C)OC(=O)CCn1ccc(N)nc1=O. The second-order valence-electron chi connectivity index (χ2n) is 4.66. The zero-order valence-electron chi connectivity index (χ0n) is 10.3. The zero-order valence-corrected chi connectivity index (χ0v) is 10.3. The number of hydrogen-bond acceptors (Lipinski definition) is 5. The van der Waals surface area contributed by atoms with Crippen LogP contribution in [-0.4, -0.2) is 21.1 Å². The highest BCUT2D eigenvalue weighted by molar-refractivity contribution is 5.69. The van der Waals surface area contributed by atoms with E-state index < -0.39 is 11.3 Å². The summed E-state index contributed by atoms with van der Waals surface area (Å²) in [6.07, 6.45) is 1.64. The number of ether oxygens (including phenoxy) is 1. The third-order valence-corrected chi connectivity index (χ3v) is 1.87. The molecule has 0 aliphatic carbocycles. The monoisotopic (exact) mass is 239 g/mol. The molecule has 0 aliphatic heterocycles. The molecule has 0 fully saturated rings. The molecule has 2 N–H and O–H groups in total. The van der Waals surface area contributed by atoms with Crippen molar-refractivity contribution in [2.24, 2.45) is 0 Å². The number of esters is 1. The highest BCUT2D eigenvalue weighted by atomic mass is 16.6. The van der Waals surface area contributed by atoms with Crippen LogP contribution in [0.2, 0.25) is 0 Å². The maximum atomic E-state index is 11.4. The molecule has 0 saturated heterocycles. The van der Waals surface area contributed by atoms with Crippen molar-refractivity contribution in [1.82, 2.24) is 9.55 Å². The largest absolute Gasteiger partial charge is 0.460 e. The summed E-state index contributed by atoms with van der Waals surface area (Å²) in [5.41, 5.74) is 4.37. The molecule has 0 radical (unpaired) electrons. The normalized spacial score (nSPS) is 11.2. The number of carbonyl (C=O) groups is 1. The van der Waals surface area contributed by atoms with E-state index in [-0.39, 0.29) is 24.8 Å². The van der Waals surface area contributed by atoms with Crippen molar-refractivity contribution in [3.05, 3.63) is 22.7 Å². The Hall–Kier alpha value is -1.85. The molecule has 0 saturated carbocycles. The highest BCUT2D eigenvalue weighted by Crippen LogP contribution is 2.08. The number of carbonyl (C=O) groups excluding carboxylic acids is 1. The van der Waals surface area contributed by atoms with Crippen molar-refractivity contribution in [1.29, 1.82) is 0 Å². The van der Waals surface area contributed by atoms with E-state index in [1.54, 1.807) is 20.8 Å². The summed E-state index contributed by atoms with van der Waals surface area (Å²) in [5.74, 6) is -0.176. The lowest BCUT2D eigenvalue weighted by Gasteiger charge is -2.19. The number of anilines is 1. The second kappa shape index (κ2) is 4.99. The quantitative estimate of drug-likeness (QED) is 0.778. The summed E-state index contributed by atoms with van der Waals surface area (Å²) in [4.78, 5) is 26.3. The van der Waals surface area contributed by atoms with Crippen molar-refractivity contribution in [2.75, 3.05) is 5.73 Å². The van der Waals surface area contributed by atoms with Crippen molar-refractivity contribution in [3.8, 4) is 0 Å². The number of aromatic nitrogens is 2. The van der Waals surface area contributed by atoms with E-state index in [1.165, 1.54) is 16.8 Å². The molecular formula is C11H17N3O3. The summed E-state index contributed by atoms with van der Waals surface area (Å²) >= 11 is 0. The summed E-state index contributed by atoms with van der Waals surface area (Å²) in [6, 6.07) is 1.51. The van der Waals surface area contributed by atoms with Crippen LogP contribution < -0.4 is 11.4 Å². The van der Waals surface area contributed by atoms with Gasteiger partial charge in [0.1, 0.15) is 11.4 Å². The van der Waals surface area contributed by atoms with Crippen molar-refractivity contribution in [2.45, 2.75) is 39.3 Å². The Bertz CT molecular complexity index is 460. The number of rotatable bonds is 3. The average molecular weight is 239 g/mol. The Kier molecular flexibility index (Phi) is 3.88. The Morgan fingerprint density at radius 1 is 1.53 bits per heavy atom. The van der Waals surface area contributed by atoms with Crippen LogP contribution in [0.15, 0.2) is 17.1 Å². The summed E-state index contributed by atoms with van der Waals surface area (Å²) < 4.78 is 6.44. The third kappa shape index (κ3) is 4.67. The number of nitrogen functional groups attached to an aromatic ring is 1. The zero-order chi connectivity index (χ0) is 13.1. The first-order valence-corrected chi connectivity index (χ1v) is 5.33. The molecule has 0 amide bonds. The van der Waals surface area contributed by atoms with Gasteiger partial charge >= 0.3 is 11.7 Å². The second-order valence-corrected chi connectivity index (χ2v) is 4.66. The minimum absolute atomic E-state index is 0.128. The lowest BCUT2D eigenvalue weighted by atomic mass is 10.2. The predicted octanol–water partition coefficient (Wildman–Crippen LogP) is 0.557. The topological polar surface area (TPSA) is 87.2 Å². The van der Waals surface area contributed by atoms with Gasteiger partial charge in [0.15, 0.2) is 0 Å². The van der Waals surface area contributed by atoms with Gasteiger partial charge in [0.05, 0.1) is 6.42 Å². The lowest BCUT2D eigenvalue weighted by Crippen LogP contribution is -2.27. The molecule has 0 aliphatic rings. The molecule has 1 aromatic rings. The lowest BCUT2D eigenvalue weighted by molar-refractivity contribution is -0.155. The molecule has 94 valence electrons. The molecule has 6 nitrogen and oxygen atoms in total. The number of nitrogens with zero attached hydrogens (tertiary/aromatic N) is 2. The van der Waals surface area contributed by atoms with Gasteiger partial charge in [-0.3, -0.25) is 9.36 Å². The van der Waals surface area contributed by atoms with E-state index in [0.29, 0.717) is 0 Å². The van der Waals surface area contributed by atoms with Crippen molar-refractivity contribution < 1.29 is 9.53 Å². The number of aryl methyl sites for hydroxylation is 1. The first-order valence-electron chi connectivity index (χ1n) is 5.33. The molecule has 1 heterocycles. The van der Waals surface area contributed by atoms with Crippen LogP contribution in [0.4, 0.5) is 5.82 Å². The Morgan fingerprint density at radius 3 is 2.71 bits per heavy atom. The summed E-state index contributed by atoms with van der Waals surface area (Å²) in [7, 11) is 0. The standard InChI is InChI=1S/C11H17N3O3/c1-11(2,3)17-9(15)5-7-14-6-4-8(12)13-10(14)16/h4,6H,5,7H2,1-3H3,(H2,12,13,16). The molecule has 6 heteroatoms. The predicted molar refractivity (Wildman–Crippen MR) is 63.4 cm³/mol. The van der Waals surface area contributed by atoms with Crippen LogP contribution in [0.1, 0.15) is 27.2 Å². The van der Waals surface area contributed by atoms with Gasteiger partial charge in [0, 0.05) is 12.7 Å². The number of hydrogen-bond donors (Lipinski definition) is 1. The van der Waals surface area contributed by atoms with Gasteiger partial charge in [-0.05, 0) is 26.8 Å². The van der Waals surface area contributed by atoms with E-state index in [0.717, 1.165) is 0 Å². The fourth-order valence-corrected chi connectivity index (χ4v) is 1.22. The van der Waals surface area contributed by atoms with Crippen molar-refractivity contribution >= 4 is 11.8 Å². The molecular weight excluding hydrogens is 222 g/mol. The van der Waals surface area contributed by atoms with Crippen LogP contribution >= 0.6 is 0 Å². The fraction of sp³-hybridized carbons (Fsp3) is 0.545. The Morgan fingerprint density at radius 2 is 2.18 bits per heavy atom. The fourth-order valence-electron chi connectivity index (χ4n) is 1.22. The molecule has 1 aromatic heterocycles. The molecule has 0 atom stereocenters. The maximum absolute atomic E-state index is 11.4. The van der Waals surface area contributed by atoms with E-state index >= 15 is 0 Å². The Labute approximate surface area is 99.4 Å². The maximum Gasteiger partial charge on any atom is 0.349 e. The summed E-state index contributed by atoms with van der Waals surface area (Å²) in [6.45, 7) is 5.62. The van der Waals surface area contributed by atoms with E-state index in [9.17, 15) is 9.59 Å². The smallest absolute Gasteiger partial charge is 0.349 e. The molecule has 1 rings (SSSR count). The van der Waals surface area contributed by atoms with Gasteiger partial charge in [-0.15, -0.1) is 0 Å². The molecule has 0 unspecified atom stereocenters. The summed E-state index contributed by atoms with van der Waals surface area (Å²) in [5, 5.41) is 0. The highest BCUT2D eigenvalue weighted by Gasteiger charge is 2.16. The van der Waals surface area contributed by atoms with E-state index in [4.69, 9.17) is 10.5 Å². The van der Waals surface area contributed by atoms with Gasteiger partial charge in [-0.25, -0.2) is 4.79 Å². The van der Waals surface area contributed by atoms with Crippen LogP contribution in [0, 0.1) is 0 Å². The molecule has 0 aromatic carbocycles. The van der Waals surface area contributed by atoms with Gasteiger partial charge in [0.25, 0.3) is 0 Å². The third-order valence-electron chi connectivity index (χ3n) is 1.87. The molecule has 0 spiro atoms. The molecule has 0 bridgehead atoms. The van der Waals surface area contributed by atoms with Crippen molar-refractivity contribution in [3.63, 3.8) is 0 Å². The van der Waals surface area contributed by atoms with Crippen LogP contribution in [0.3, 0.4) is 0 Å². The first-order chi connectivity index (χ1) is 7.78. The van der Waals surface area contributed by atoms with Crippen LogP contribution in [0.5, 0.6) is 0 Å². The Balaban J connectivity index is 2.56.